The van der Waals surface area contributed by atoms with Crippen molar-refractivity contribution in [1.29, 1.82) is 0 Å². The molecule has 3 N–H and O–H groups in total. The van der Waals surface area contributed by atoms with E-state index in [0.29, 0.717) is 6.54 Å². The summed E-state index contributed by atoms with van der Waals surface area (Å²) in [6.07, 6.45) is 1.56. The zero-order valence-corrected chi connectivity index (χ0v) is 12.0. The van der Waals surface area contributed by atoms with Crippen LogP contribution < -0.4 is 10.6 Å². The molecule has 0 heterocycles. The van der Waals surface area contributed by atoms with Gasteiger partial charge >= 0.3 is 0 Å². The van der Waals surface area contributed by atoms with Crippen LogP contribution in [-0.4, -0.2) is 29.7 Å². The molecule has 0 saturated carbocycles. The second-order valence-corrected chi connectivity index (χ2v) is 5.68. The van der Waals surface area contributed by atoms with Gasteiger partial charge in [-0.05, 0) is 51.3 Å². The normalized spacial score (nSPS) is 11.4. The third-order valence-electron chi connectivity index (χ3n) is 2.61. The maximum Gasteiger partial charge on any atom is 0.238 e. The van der Waals surface area contributed by atoms with Gasteiger partial charge in [0.25, 0.3) is 0 Å². The van der Waals surface area contributed by atoms with Crippen LogP contribution in [0, 0.1) is 0 Å². The van der Waals surface area contributed by atoms with Crippen molar-refractivity contribution in [3.8, 4) is 0 Å². The van der Waals surface area contributed by atoms with Crippen molar-refractivity contribution in [2.45, 2.75) is 39.2 Å². The van der Waals surface area contributed by atoms with E-state index in [4.69, 9.17) is 5.11 Å². The lowest BCUT2D eigenvalue weighted by atomic mass is 10.1. The summed E-state index contributed by atoms with van der Waals surface area (Å²) in [5.74, 6) is -0.0470. The van der Waals surface area contributed by atoms with Gasteiger partial charge in [-0.15, -0.1) is 0 Å². The van der Waals surface area contributed by atoms with Crippen LogP contribution in [0.1, 0.15) is 32.8 Å². The highest BCUT2D eigenvalue weighted by Crippen LogP contribution is 2.12. The van der Waals surface area contributed by atoms with Crippen molar-refractivity contribution >= 4 is 11.6 Å². The van der Waals surface area contributed by atoms with Crippen LogP contribution in [0.15, 0.2) is 24.3 Å². The molecule has 0 radical (unpaired) electrons. The van der Waals surface area contributed by atoms with E-state index < -0.39 is 0 Å². The van der Waals surface area contributed by atoms with E-state index in [1.54, 1.807) is 0 Å². The molecule has 1 amide bonds. The average Bonchev–Trinajstić information content (AvgIpc) is 2.33. The van der Waals surface area contributed by atoms with Gasteiger partial charge in [-0.2, -0.15) is 0 Å². The van der Waals surface area contributed by atoms with E-state index in [1.165, 1.54) is 0 Å². The number of aryl methyl sites for hydroxylation is 1. The van der Waals surface area contributed by atoms with Gasteiger partial charge in [0.1, 0.15) is 0 Å². The number of nitrogens with one attached hydrogen (secondary N) is 2. The Morgan fingerprint density at radius 1 is 1.32 bits per heavy atom. The summed E-state index contributed by atoms with van der Waals surface area (Å²) in [5.41, 5.74) is 1.85. The van der Waals surface area contributed by atoms with Crippen LogP contribution >= 0.6 is 0 Å². The Hall–Kier alpha value is -1.39. The molecule has 1 aromatic rings. The number of benzene rings is 1. The molecule has 19 heavy (non-hydrogen) atoms. The SMILES string of the molecule is CC(C)(C)NCC(=O)Nc1cccc(CCCO)c1. The maximum absolute atomic E-state index is 11.8. The second-order valence-electron chi connectivity index (χ2n) is 5.68. The van der Waals surface area contributed by atoms with Crippen molar-refractivity contribution in [3.05, 3.63) is 29.8 Å². The molecule has 1 aromatic carbocycles. The predicted molar refractivity (Wildman–Crippen MR) is 78.2 cm³/mol. The average molecular weight is 264 g/mol. The van der Waals surface area contributed by atoms with E-state index in [9.17, 15) is 4.79 Å². The molecule has 0 aliphatic heterocycles. The lowest BCUT2D eigenvalue weighted by Crippen LogP contribution is -2.41. The molecular weight excluding hydrogens is 240 g/mol. The van der Waals surface area contributed by atoms with Gasteiger partial charge in [0.05, 0.1) is 6.54 Å². The summed E-state index contributed by atoms with van der Waals surface area (Å²) in [7, 11) is 0. The summed E-state index contributed by atoms with van der Waals surface area (Å²) < 4.78 is 0. The second kappa shape index (κ2) is 7.26. The van der Waals surface area contributed by atoms with E-state index >= 15 is 0 Å². The van der Waals surface area contributed by atoms with Crippen LogP contribution in [0.5, 0.6) is 0 Å². The lowest BCUT2D eigenvalue weighted by molar-refractivity contribution is -0.115. The fourth-order valence-electron chi connectivity index (χ4n) is 1.64. The Morgan fingerprint density at radius 3 is 2.68 bits per heavy atom. The standard InChI is InChI=1S/C15H24N2O2/c1-15(2,3)16-11-14(19)17-13-8-4-6-12(10-13)7-5-9-18/h4,6,8,10,16,18H,5,7,9,11H2,1-3H3,(H,17,19). The van der Waals surface area contributed by atoms with Crippen LogP contribution in [0.25, 0.3) is 0 Å². The number of amides is 1. The smallest absolute Gasteiger partial charge is 0.238 e. The van der Waals surface area contributed by atoms with Crippen molar-refractivity contribution < 1.29 is 9.90 Å². The summed E-state index contributed by atoms with van der Waals surface area (Å²) in [6.45, 7) is 6.55. The van der Waals surface area contributed by atoms with E-state index in [2.05, 4.69) is 10.6 Å². The number of hydrogen-bond acceptors (Lipinski definition) is 3. The minimum absolute atomic E-state index is 0.0470. The third-order valence-corrected chi connectivity index (χ3v) is 2.61. The van der Waals surface area contributed by atoms with Crippen molar-refractivity contribution in [2.24, 2.45) is 0 Å². The molecular formula is C15H24N2O2. The first-order chi connectivity index (χ1) is 8.90. The van der Waals surface area contributed by atoms with Gasteiger partial charge in [0.2, 0.25) is 5.91 Å². The lowest BCUT2D eigenvalue weighted by Gasteiger charge is -2.20. The highest BCUT2D eigenvalue weighted by molar-refractivity contribution is 5.92. The molecule has 0 spiro atoms. The largest absolute Gasteiger partial charge is 0.396 e. The van der Waals surface area contributed by atoms with Gasteiger partial charge in [0.15, 0.2) is 0 Å². The van der Waals surface area contributed by atoms with Crippen LogP contribution in [0.3, 0.4) is 0 Å². The number of hydrogen-bond donors (Lipinski definition) is 3. The highest BCUT2D eigenvalue weighted by atomic mass is 16.2. The van der Waals surface area contributed by atoms with Crippen LogP contribution in [0.2, 0.25) is 0 Å². The third kappa shape index (κ3) is 6.94. The number of aliphatic hydroxyl groups excluding tert-OH is 1. The Kier molecular flexibility index (Phi) is 5.99. The number of anilines is 1. The molecule has 1 rings (SSSR count). The molecule has 4 heteroatoms. The first-order valence-electron chi connectivity index (χ1n) is 6.65. The molecule has 0 fully saturated rings. The van der Waals surface area contributed by atoms with E-state index in [-0.39, 0.29) is 18.1 Å². The molecule has 0 saturated heterocycles. The van der Waals surface area contributed by atoms with Crippen LogP contribution in [-0.2, 0) is 11.2 Å². The first-order valence-corrected chi connectivity index (χ1v) is 6.65. The number of rotatable bonds is 6. The molecule has 0 aliphatic carbocycles. The molecule has 106 valence electrons. The minimum atomic E-state index is -0.0691. The Bertz CT molecular complexity index is 411. The topological polar surface area (TPSA) is 61.4 Å². The molecule has 0 aliphatic rings. The summed E-state index contributed by atoms with van der Waals surface area (Å²) in [4.78, 5) is 11.8. The molecule has 0 aromatic heterocycles. The van der Waals surface area contributed by atoms with Crippen molar-refractivity contribution in [2.75, 3.05) is 18.5 Å². The highest BCUT2D eigenvalue weighted by Gasteiger charge is 2.11. The Morgan fingerprint density at radius 2 is 2.05 bits per heavy atom. The minimum Gasteiger partial charge on any atom is -0.396 e. The fraction of sp³-hybridized carbons (Fsp3) is 0.533. The van der Waals surface area contributed by atoms with Gasteiger partial charge in [0, 0.05) is 17.8 Å². The predicted octanol–water partition coefficient (Wildman–Crippen LogP) is 1.94. The first kappa shape index (κ1) is 15.7. The maximum atomic E-state index is 11.8. The number of carbonyl (C=O) groups excluding carboxylic acids is 1. The quantitative estimate of drug-likeness (QED) is 0.736. The number of carbonyl (C=O) groups is 1. The number of aliphatic hydroxyl groups is 1. The molecule has 0 bridgehead atoms. The van der Waals surface area contributed by atoms with Crippen molar-refractivity contribution in [1.82, 2.24) is 5.32 Å². The summed E-state index contributed by atoms with van der Waals surface area (Å²) in [5, 5.41) is 14.8. The molecule has 0 unspecified atom stereocenters. The van der Waals surface area contributed by atoms with Gasteiger partial charge in [-0.3, -0.25) is 4.79 Å². The summed E-state index contributed by atoms with van der Waals surface area (Å²) >= 11 is 0. The van der Waals surface area contributed by atoms with Gasteiger partial charge in [-0.25, -0.2) is 0 Å². The van der Waals surface area contributed by atoms with Crippen LogP contribution in [0.4, 0.5) is 5.69 Å². The summed E-state index contributed by atoms with van der Waals surface area (Å²) in [6, 6.07) is 7.74. The Balaban J connectivity index is 2.49. The zero-order chi connectivity index (χ0) is 14.3. The zero-order valence-electron chi connectivity index (χ0n) is 12.0. The molecule has 0 atom stereocenters. The van der Waals surface area contributed by atoms with Crippen molar-refractivity contribution in [3.63, 3.8) is 0 Å². The molecule has 4 nitrogen and oxygen atoms in total. The van der Waals surface area contributed by atoms with Gasteiger partial charge < -0.3 is 15.7 Å². The van der Waals surface area contributed by atoms with Gasteiger partial charge in [-0.1, -0.05) is 12.1 Å². The monoisotopic (exact) mass is 264 g/mol. The fourth-order valence-corrected chi connectivity index (χ4v) is 1.64. The Labute approximate surface area is 115 Å². The van der Waals surface area contributed by atoms with E-state index in [1.807, 2.05) is 45.0 Å². The van der Waals surface area contributed by atoms with E-state index in [0.717, 1.165) is 24.1 Å².